The SMILES string of the molecule is CCn1ncc(Cl)c1C(C)Cl. The Bertz CT molecular complexity index is 243. The zero-order valence-electron chi connectivity index (χ0n) is 6.51. The van der Waals surface area contributed by atoms with Gasteiger partial charge in [0.2, 0.25) is 0 Å². The van der Waals surface area contributed by atoms with Crippen LogP contribution in [0.15, 0.2) is 6.20 Å². The molecule has 1 aromatic heterocycles. The minimum atomic E-state index is -0.0788. The third-order valence-corrected chi connectivity index (χ3v) is 2.01. The molecule has 1 unspecified atom stereocenters. The Morgan fingerprint density at radius 1 is 1.73 bits per heavy atom. The Morgan fingerprint density at radius 2 is 2.36 bits per heavy atom. The van der Waals surface area contributed by atoms with Gasteiger partial charge in [-0.1, -0.05) is 11.6 Å². The summed E-state index contributed by atoms with van der Waals surface area (Å²) in [5.41, 5.74) is 0.899. The normalized spacial score (nSPS) is 13.5. The predicted octanol–water partition coefficient (Wildman–Crippen LogP) is 2.86. The molecule has 0 amide bonds. The first-order valence-electron chi connectivity index (χ1n) is 3.52. The third-order valence-electron chi connectivity index (χ3n) is 1.51. The summed E-state index contributed by atoms with van der Waals surface area (Å²) in [5.74, 6) is 0. The van der Waals surface area contributed by atoms with Crippen molar-refractivity contribution in [2.24, 2.45) is 0 Å². The minimum Gasteiger partial charge on any atom is -0.267 e. The van der Waals surface area contributed by atoms with E-state index >= 15 is 0 Å². The number of aromatic nitrogens is 2. The van der Waals surface area contributed by atoms with Gasteiger partial charge in [0.15, 0.2) is 0 Å². The molecule has 11 heavy (non-hydrogen) atoms. The van der Waals surface area contributed by atoms with Gasteiger partial charge in [-0.3, -0.25) is 4.68 Å². The summed E-state index contributed by atoms with van der Waals surface area (Å²) in [4.78, 5) is 0. The monoisotopic (exact) mass is 192 g/mol. The lowest BCUT2D eigenvalue weighted by Gasteiger charge is -2.05. The summed E-state index contributed by atoms with van der Waals surface area (Å²) >= 11 is 11.7. The van der Waals surface area contributed by atoms with E-state index in [4.69, 9.17) is 23.2 Å². The maximum atomic E-state index is 5.89. The summed E-state index contributed by atoms with van der Waals surface area (Å²) < 4.78 is 1.81. The second-order valence-corrected chi connectivity index (χ2v) is 3.37. The molecule has 2 nitrogen and oxygen atoms in total. The molecule has 0 aliphatic carbocycles. The quantitative estimate of drug-likeness (QED) is 0.660. The van der Waals surface area contributed by atoms with E-state index in [1.165, 1.54) is 0 Å². The van der Waals surface area contributed by atoms with Crippen molar-refractivity contribution in [2.75, 3.05) is 0 Å². The number of hydrogen-bond donors (Lipinski definition) is 0. The molecular weight excluding hydrogens is 183 g/mol. The molecule has 0 aromatic carbocycles. The lowest BCUT2D eigenvalue weighted by atomic mass is 10.3. The molecule has 1 atom stereocenters. The van der Waals surface area contributed by atoms with E-state index in [0.29, 0.717) is 5.02 Å². The zero-order chi connectivity index (χ0) is 8.43. The first-order valence-corrected chi connectivity index (χ1v) is 4.33. The molecule has 0 N–H and O–H groups in total. The highest BCUT2D eigenvalue weighted by molar-refractivity contribution is 6.32. The van der Waals surface area contributed by atoms with Crippen molar-refractivity contribution in [2.45, 2.75) is 25.8 Å². The van der Waals surface area contributed by atoms with E-state index in [1.807, 2.05) is 13.8 Å². The molecule has 4 heteroatoms. The van der Waals surface area contributed by atoms with Gasteiger partial charge in [-0.05, 0) is 13.8 Å². The van der Waals surface area contributed by atoms with Crippen molar-refractivity contribution in [1.29, 1.82) is 0 Å². The zero-order valence-corrected chi connectivity index (χ0v) is 8.02. The van der Waals surface area contributed by atoms with Crippen molar-refractivity contribution >= 4 is 23.2 Å². The van der Waals surface area contributed by atoms with E-state index < -0.39 is 0 Å². The van der Waals surface area contributed by atoms with Gasteiger partial charge >= 0.3 is 0 Å². The molecular formula is C7H10Cl2N2. The van der Waals surface area contributed by atoms with E-state index in [9.17, 15) is 0 Å². The fraction of sp³-hybridized carbons (Fsp3) is 0.571. The maximum Gasteiger partial charge on any atom is 0.0833 e. The second-order valence-electron chi connectivity index (χ2n) is 2.31. The molecule has 0 bridgehead atoms. The second kappa shape index (κ2) is 3.46. The van der Waals surface area contributed by atoms with Crippen LogP contribution < -0.4 is 0 Å². The van der Waals surface area contributed by atoms with E-state index in [-0.39, 0.29) is 5.38 Å². The van der Waals surface area contributed by atoms with Crippen LogP contribution in [-0.4, -0.2) is 9.78 Å². The average molecular weight is 193 g/mol. The summed E-state index contributed by atoms with van der Waals surface area (Å²) in [7, 11) is 0. The topological polar surface area (TPSA) is 17.8 Å². The molecule has 0 fully saturated rings. The summed E-state index contributed by atoms with van der Waals surface area (Å²) in [5, 5.41) is 4.62. The Hall–Kier alpha value is -0.210. The number of halogens is 2. The number of rotatable bonds is 2. The minimum absolute atomic E-state index is 0.0788. The van der Waals surface area contributed by atoms with Crippen LogP contribution in [0.3, 0.4) is 0 Å². The highest BCUT2D eigenvalue weighted by Crippen LogP contribution is 2.26. The van der Waals surface area contributed by atoms with Crippen LogP contribution in [0.5, 0.6) is 0 Å². The summed E-state index contributed by atoms with van der Waals surface area (Å²) in [6, 6.07) is 0. The Morgan fingerprint density at radius 3 is 2.73 bits per heavy atom. The van der Waals surface area contributed by atoms with Crippen molar-refractivity contribution in [1.82, 2.24) is 9.78 Å². The molecule has 0 aliphatic heterocycles. The molecule has 62 valence electrons. The lowest BCUT2D eigenvalue weighted by molar-refractivity contribution is 0.622. The van der Waals surface area contributed by atoms with Gasteiger partial charge < -0.3 is 0 Å². The number of alkyl halides is 1. The summed E-state index contributed by atoms with van der Waals surface area (Å²) in [6.07, 6.45) is 1.62. The number of hydrogen-bond acceptors (Lipinski definition) is 1. The first kappa shape index (κ1) is 8.88. The van der Waals surface area contributed by atoms with Gasteiger partial charge in [-0.15, -0.1) is 11.6 Å². The van der Waals surface area contributed by atoms with Gasteiger partial charge in [-0.2, -0.15) is 5.10 Å². The molecule has 0 saturated carbocycles. The van der Waals surface area contributed by atoms with E-state index in [2.05, 4.69) is 5.10 Å². The third kappa shape index (κ3) is 1.68. The number of aryl methyl sites for hydroxylation is 1. The van der Waals surface area contributed by atoms with Gasteiger partial charge in [-0.25, -0.2) is 0 Å². The van der Waals surface area contributed by atoms with Gasteiger partial charge in [0.05, 0.1) is 22.3 Å². The van der Waals surface area contributed by atoms with Crippen LogP contribution in [0.4, 0.5) is 0 Å². The smallest absolute Gasteiger partial charge is 0.0833 e. The molecule has 1 aromatic rings. The van der Waals surface area contributed by atoms with Gasteiger partial charge in [0, 0.05) is 6.54 Å². The largest absolute Gasteiger partial charge is 0.267 e. The predicted molar refractivity (Wildman–Crippen MR) is 47.2 cm³/mol. The molecule has 0 radical (unpaired) electrons. The molecule has 0 saturated heterocycles. The first-order chi connectivity index (χ1) is 5.16. The fourth-order valence-corrected chi connectivity index (χ4v) is 1.61. The molecule has 0 aliphatic rings. The van der Waals surface area contributed by atoms with E-state index in [1.54, 1.807) is 10.9 Å². The van der Waals surface area contributed by atoms with Crippen LogP contribution in [-0.2, 0) is 6.54 Å². The number of nitrogens with zero attached hydrogens (tertiary/aromatic N) is 2. The highest BCUT2D eigenvalue weighted by atomic mass is 35.5. The van der Waals surface area contributed by atoms with Crippen molar-refractivity contribution in [3.63, 3.8) is 0 Å². The molecule has 1 heterocycles. The van der Waals surface area contributed by atoms with Crippen LogP contribution in [0.25, 0.3) is 0 Å². The van der Waals surface area contributed by atoms with Gasteiger partial charge in [0.25, 0.3) is 0 Å². The average Bonchev–Trinajstić information content (AvgIpc) is 2.30. The van der Waals surface area contributed by atoms with Crippen LogP contribution in [0, 0.1) is 0 Å². The fourth-order valence-electron chi connectivity index (χ4n) is 1.02. The van der Waals surface area contributed by atoms with Crippen molar-refractivity contribution in [3.05, 3.63) is 16.9 Å². The van der Waals surface area contributed by atoms with E-state index in [0.717, 1.165) is 12.2 Å². The maximum absolute atomic E-state index is 5.89. The van der Waals surface area contributed by atoms with Crippen LogP contribution in [0.2, 0.25) is 5.02 Å². The standard InChI is InChI=1S/C7H10Cl2N2/c1-3-11-7(5(2)8)6(9)4-10-11/h4-5H,3H2,1-2H3. The Kier molecular flexibility index (Phi) is 2.79. The highest BCUT2D eigenvalue weighted by Gasteiger charge is 2.12. The Labute approximate surface area is 76.1 Å². The summed E-state index contributed by atoms with van der Waals surface area (Å²) in [6.45, 7) is 4.70. The van der Waals surface area contributed by atoms with Crippen molar-refractivity contribution < 1.29 is 0 Å². The van der Waals surface area contributed by atoms with Crippen LogP contribution >= 0.6 is 23.2 Å². The molecule has 1 rings (SSSR count). The molecule has 0 spiro atoms. The Balaban J connectivity index is 3.07. The van der Waals surface area contributed by atoms with Crippen LogP contribution in [0.1, 0.15) is 24.9 Å². The van der Waals surface area contributed by atoms with Crippen molar-refractivity contribution in [3.8, 4) is 0 Å². The lowest BCUT2D eigenvalue weighted by Crippen LogP contribution is -2.02. The van der Waals surface area contributed by atoms with Gasteiger partial charge in [0.1, 0.15) is 0 Å².